The third-order valence-corrected chi connectivity index (χ3v) is 5.09. The number of ether oxygens (including phenoxy) is 1. The maximum Gasteiger partial charge on any atom is 0.0766 e. The van der Waals surface area contributed by atoms with Gasteiger partial charge in [-0.05, 0) is 42.1 Å². The maximum absolute atomic E-state index is 10.9. The predicted molar refractivity (Wildman–Crippen MR) is 82.9 cm³/mol. The summed E-state index contributed by atoms with van der Waals surface area (Å²) in [5, 5.41) is 15.5. The summed E-state index contributed by atoms with van der Waals surface area (Å²) >= 11 is 3.66. The van der Waals surface area contributed by atoms with Crippen LogP contribution in [0.3, 0.4) is 0 Å². The third-order valence-electron chi connectivity index (χ3n) is 4.17. The molecule has 1 aromatic heterocycles. The Morgan fingerprint density at radius 1 is 1.45 bits per heavy atom. The van der Waals surface area contributed by atoms with Crippen LogP contribution >= 0.6 is 15.9 Å². The summed E-state index contributed by atoms with van der Waals surface area (Å²) in [6.07, 6.45) is 4.10. The van der Waals surface area contributed by atoms with Crippen LogP contribution in [0.2, 0.25) is 0 Å². The summed E-state index contributed by atoms with van der Waals surface area (Å²) in [5.74, 6) is 0. The van der Waals surface area contributed by atoms with Gasteiger partial charge in [-0.2, -0.15) is 5.10 Å². The van der Waals surface area contributed by atoms with Crippen molar-refractivity contribution >= 4 is 15.9 Å². The Labute approximate surface area is 129 Å². The van der Waals surface area contributed by atoms with Gasteiger partial charge in [0.25, 0.3) is 0 Å². The zero-order valence-corrected chi connectivity index (χ0v) is 14.2. The van der Waals surface area contributed by atoms with E-state index in [1.54, 1.807) is 0 Å². The monoisotopic (exact) mass is 344 g/mol. The lowest BCUT2D eigenvalue weighted by Crippen LogP contribution is -2.42. The number of aliphatic hydroxyl groups is 1. The molecule has 0 saturated carbocycles. The minimum absolute atomic E-state index is 0.177. The van der Waals surface area contributed by atoms with Gasteiger partial charge < -0.3 is 9.84 Å². The van der Waals surface area contributed by atoms with E-state index in [4.69, 9.17) is 4.74 Å². The first-order chi connectivity index (χ1) is 9.53. The number of rotatable bonds is 5. The Balaban J connectivity index is 2.22. The van der Waals surface area contributed by atoms with Crippen LogP contribution in [0.4, 0.5) is 0 Å². The number of aromatic nitrogens is 2. The van der Waals surface area contributed by atoms with Crippen molar-refractivity contribution in [3.05, 3.63) is 15.9 Å². The average molecular weight is 345 g/mol. The molecule has 0 aromatic carbocycles. The number of hydrogen-bond donors (Lipinski definition) is 1. The zero-order valence-electron chi connectivity index (χ0n) is 12.7. The van der Waals surface area contributed by atoms with Gasteiger partial charge in [-0.25, -0.2) is 0 Å². The second-order valence-electron chi connectivity index (χ2n) is 5.63. The number of nitrogens with zero attached hydrogens (tertiary/aromatic N) is 2. The van der Waals surface area contributed by atoms with Gasteiger partial charge in [-0.3, -0.25) is 4.68 Å². The summed E-state index contributed by atoms with van der Waals surface area (Å²) in [6.45, 7) is 7.78. The van der Waals surface area contributed by atoms with Gasteiger partial charge in [0, 0.05) is 26.0 Å². The summed E-state index contributed by atoms with van der Waals surface area (Å²) < 4.78 is 8.76. The predicted octanol–water partition coefficient (Wildman–Crippen LogP) is 3.09. The highest BCUT2D eigenvalue weighted by molar-refractivity contribution is 9.10. The Bertz CT molecular complexity index is 461. The van der Waals surface area contributed by atoms with E-state index in [0.29, 0.717) is 25.9 Å². The smallest absolute Gasteiger partial charge is 0.0766 e. The van der Waals surface area contributed by atoms with Crippen molar-refractivity contribution in [3.8, 4) is 0 Å². The van der Waals surface area contributed by atoms with Crippen LogP contribution in [0.25, 0.3) is 0 Å². The second-order valence-corrected chi connectivity index (χ2v) is 6.43. The highest BCUT2D eigenvalue weighted by Gasteiger charge is 2.36. The topological polar surface area (TPSA) is 47.3 Å². The lowest BCUT2D eigenvalue weighted by atomic mass is 9.85. The van der Waals surface area contributed by atoms with E-state index < -0.39 is 5.60 Å². The number of hydrogen-bond acceptors (Lipinski definition) is 3. The van der Waals surface area contributed by atoms with Crippen molar-refractivity contribution in [3.63, 3.8) is 0 Å². The van der Waals surface area contributed by atoms with Crippen LogP contribution in [0, 0.1) is 0 Å². The second kappa shape index (κ2) is 6.58. The molecule has 1 saturated heterocycles. The van der Waals surface area contributed by atoms with Crippen molar-refractivity contribution in [2.24, 2.45) is 0 Å². The highest BCUT2D eigenvalue weighted by atomic mass is 79.9. The fourth-order valence-corrected chi connectivity index (χ4v) is 3.63. The molecule has 5 heteroatoms. The normalized spacial score (nSPS) is 26.9. The molecule has 0 bridgehead atoms. The van der Waals surface area contributed by atoms with E-state index >= 15 is 0 Å². The molecule has 1 aliphatic rings. The fourth-order valence-electron chi connectivity index (χ4n) is 2.92. The molecule has 1 fully saturated rings. The van der Waals surface area contributed by atoms with Crippen LogP contribution in [0.1, 0.15) is 51.4 Å². The lowest BCUT2D eigenvalue weighted by Gasteiger charge is -2.36. The summed E-state index contributed by atoms with van der Waals surface area (Å²) in [7, 11) is 0. The van der Waals surface area contributed by atoms with Gasteiger partial charge in [-0.15, -0.1) is 0 Å². The highest BCUT2D eigenvalue weighted by Crippen LogP contribution is 2.33. The summed E-state index contributed by atoms with van der Waals surface area (Å²) in [5.41, 5.74) is 1.52. The lowest BCUT2D eigenvalue weighted by molar-refractivity contribution is -0.104. The number of halogens is 1. The van der Waals surface area contributed by atoms with Crippen molar-refractivity contribution < 1.29 is 9.84 Å². The summed E-state index contributed by atoms with van der Waals surface area (Å²) in [4.78, 5) is 0. The molecule has 1 aromatic rings. The molecule has 4 nitrogen and oxygen atoms in total. The van der Waals surface area contributed by atoms with E-state index in [2.05, 4.69) is 41.8 Å². The Morgan fingerprint density at radius 3 is 2.80 bits per heavy atom. The molecule has 2 atom stereocenters. The molecule has 0 amide bonds. The van der Waals surface area contributed by atoms with Crippen molar-refractivity contribution in [1.82, 2.24) is 9.78 Å². The first kappa shape index (κ1) is 16.0. The van der Waals surface area contributed by atoms with Gasteiger partial charge in [0.15, 0.2) is 0 Å². The van der Waals surface area contributed by atoms with E-state index in [1.807, 2.05) is 4.68 Å². The van der Waals surface area contributed by atoms with Crippen LogP contribution in [-0.4, -0.2) is 33.2 Å². The van der Waals surface area contributed by atoms with E-state index in [-0.39, 0.29) is 6.10 Å². The largest absolute Gasteiger partial charge is 0.389 e. The molecule has 0 aliphatic carbocycles. The SMILES string of the molecule is CCc1nn(CC)c(CC2(O)CCOC(CC)C2)c1Br. The van der Waals surface area contributed by atoms with E-state index in [0.717, 1.165) is 35.2 Å². The molecule has 1 aliphatic heterocycles. The fraction of sp³-hybridized carbons (Fsp3) is 0.800. The first-order valence-corrected chi connectivity index (χ1v) is 8.40. The van der Waals surface area contributed by atoms with E-state index in [1.165, 1.54) is 0 Å². The van der Waals surface area contributed by atoms with Gasteiger partial charge in [0.05, 0.1) is 27.6 Å². The molecule has 20 heavy (non-hydrogen) atoms. The van der Waals surface area contributed by atoms with Crippen LogP contribution in [-0.2, 0) is 24.1 Å². The third kappa shape index (κ3) is 3.26. The Hall–Kier alpha value is -0.390. The van der Waals surface area contributed by atoms with Crippen molar-refractivity contribution in [2.75, 3.05) is 6.61 Å². The molecule has 2 unspecified atom stereocenters. The van der Waals surface area contributed by atoms with Crippen molar-refractivity contribution in [2.45, 2.75) is 71.1 Å². The minimum atomic E-state index is -0.667. The van der Waals surface area contributed by atoms with Gasteiger partial charge in [0.2, 0.25) is 0 Å². The maximum atomic E-state index is 10.9. The molecule has 114 valence electrons. The number of aryl methyl sites for hydroxylation is 2. The standard InChI is InChI=1S/C15H25BrN2O2/c1-4-11-9-15(19,7-8-20-11)10-13-14(16)12(5-2)17-18(13)6-3/h11,19H,4-10H2,1-3H3. The van der Waals surface area contributed by atoms with Crippen LogP contribution < -0.4 is 0 Å². The molecular weight excluding hydrogens is 320 g/mol. The average Bonchev–Trinajstić information content (AvgIpc) is 2.74. The first-order valence-electron chi connectivity index (χ1n) is 7.61. The molecule has 1 N–H and O–H groups in total. The Morgan fingerprint density at radius 2 is 2.20 bits per heavy atom. The molecule has 2 rings (SSSR count). The zero-order chi connectivity index (χ0) is 14.8. The van der Waals surface area contributed by atoms with Crippen LogP contribution in [0.5, 0.6) is 0 Å². The van der Waals surface area contributed by atoms with Gasteiger partial charge >= 0.3 is 0 Å². The molecule has 2 heterocycles. The Kier molecular flexibility index (Phi) is 5.26. The summed E-state index contributed by atoms with van der Waals surface area (Å²) in [6, 6.07) is 0. The quantitative estimate of drug-likeness (QED) is 0.892. The minimum Gasteiger partial charge on any atom is -0.389 e. The van der Waals surface area contributed by atoms with Crippen LogP contribution in [0.15, 0.2) is 4.47 Å². The molecular formula is C15H25BrN2O2. The van der Waals surface area contributed by atoms with Crippen molar-refractivity contribution in [1.29, 1.82) is 0 Å². The van der Waals surface area contributed by atoms with E-state index in [9.17, 15) is 5.11 Å². The van der Waals surface area contributed by atoms with Gasteiger partial charge in [-0.1, -0.05) is 13.8 Å². The van der Waals surface area contributed by atoms with Gasteiger partial charge in [0.1, 0.15) is 0 Å². The molecule has 0 radical (unpaired) electrons. The molecule has 0 spiro atoms.